The molecule has 0 atom stereocenters. The Kier molecular flexibility index (Phi) is 7.39. The molecule has 28 heavy (non-hydrogen) atoms. The number of sulfone groups is 1. The second-order valence-corrected chi connectivity index (χ2v) is 8.68. The Labute approximate surface area is 167 Å². The van der Waals surface area contributed by atoms with E-state index in [0.29, 0.717) is 24.3 Å². The van der Waals surface area contributed by atoms with Gasteiger partial charge in [-0.15, -0.1) is 6.58 Å². The number of allylic oxidation sites excluding steroid dienone is 1. The zero-order valence-electron chi connectivity index (χ0n) is 16.6. The maximum atomic E-state index is 12.9. The van der Waals surface area contributed by atoms with Gasteiger partial charge in [-0.1, -0.05) is 36.4 Å². The van der Waals surface area contributed by atoms with Crippen molar-refractivity contribution in [1.82, 2.24) is 19.8 Å². The van der Waals surface area contributed by atoms with Gasteiger partial charge >= 0.3 is 6.03 Å². The molecule has 2 rings (SSSR count). The van der Waals surface area contributed by atoms with E-state index in [1.54, 1.807) is 39.8 Å². The highest BCUT2D eigenvalue weighted by molar-refractivity contribution is 7.90. The van der Waals surface area contributed by atoms with Crippen molar-refractivity contribution >= 4 is 15.9 Å². The third-order valence-corrected chi connectivity index (χ3v) is 5.72. The predicted molar refractivity (Wildman–Crippen MR) is 110 cm³/mol. The van der Waals surface area contributed by atoms with Gasteiger partial charge in [-0.2, -0.15) is 0 Å². The lowest BCUT2D eigenvalue weighted by Crippen LogP contribution is -2.42. The Bertz CT molecular complexity index is 905. The molecule has 0 spiro atoms. The second-order valence-electron chi connectivity index (χ2n) is 6.79. The van der Waals surface area contributed by atoms with E-state index in [9.17, 15) is 13.2 Å². The lowest BCUT2D eigenvalue weighted by atomic mass is 10.2. The normalized spacial score (nSPS) is 11.4. The molecular weight excluding hydrogens is 376 g/mol. The number of amides is 2. The van der Waals surface area contributed by atoms with Gasteiger partial charge in [-0.05, 0) is 26.3 Å². The van der Waals surface area contributed by atoms with Crippen molar-refractivity contribution in [2.24, 2.45) is 0 Å². The summed E-state index contributed by atoms with van der Waals surface area (Å²) in [6.45, 7) is 10.4. The highest BCUT2D eigenvalue weighted by atomic mass is 32.2. The molecule has 0 bridgehead atoms. The summed E-state index contributed by atoms with van der Waals surface area (Å²) in [4.78, 5) is 18.1. The van der Waals surface area contributed by atoms with E-state index in [2.05, 4.69) is 16.9 Å². The van der Waals surface area contributed by atoms with Crippen molar-refractivity contribution in [3.05, 3.63) is 60.4 Å². The first-order valence-corrected chi connectivity index (χ1v) is 10.9. The molecule has 0 unspecified atom stereocenters. The van der Waals surface area contributed by atoms with Crippen LogP contribution in [-0.2, 0) is 28.7 Å². The van der Waals surface area contributed by atoms with Crippen LogP contribution in [0.3, 0.4) is 0 Å². The lowest BCUT2D eigenvalue weighted by molar-refractivity contribution is 0.194. The maximum absolute atomic E-state index is 12.9. The maximum Gasteiger partial charge on any atom is 0.317 e. The van der Waals surface area contributed by atoms with Crippen LogP contribution in [0.4, 0.5) is 4.79 Å². The van der Waals surface area contributed by atoms with Crippen LogP contribution in [0.2, 0.25) is 0 Å². The van der Waals surface area contributed by atoms with Crippen LogP contribution < -0.4 is 5.32 Å². The average Bonchev–Trinajstić information content (AvgIpc) is 3.03. The number of benzene rings is 1. The molecule has 8 heteroatoms. The van der Waals surface area contributed by atoms with Crippen LogP contribution in [0, 0.1) is 0 Å². The quantitative estimate of drug-likeness (QED) is 0.651. The summed E-state index contributed by atoms with van der Waals surface area (Å²) in [6, 6.07) is 8.81. The standard InChI is InChI=1S/C20H28N4O3S/c1-5-12-24-18(14-23(6-2)19(25)22-16(3)4)13-21-20(24)28(26,27)15-17-10-8-7-9-11-17/h5,7-11,13,16H,1,6,12,14-15H2,2-4H3,(H,22,25). The summed E-state index contributed by atoms with van der Waals surface area (Å²) < 4.78 is 27.5. The van der Waals surface area contributed by atoms with Gasteiger partial charge < -0.3 is 14.8 Å². The molecule has 2 amide bonds. The minimum absolute atomic E-state index is 0.00780. The Morgan fingerprint density at radius 1 is 1.32 bits per heavy atom. The Balaban J connectivity index is 2.32. The highest BCUT2D eigenvalue weighted by Crippen LogP contribution is 2.19. The number of aromatic nitrogens is 2. The third kappa shape index (κ3) is 5.45. The van der Waals surface area contributed by atoms with Gasteiger partial charge in [-0.3, -0.25) is 0 Å². The number of hydrogen-bond donors (Lipinski definition) is 1. The first kappa shape index (κ1) is 21.7. The van der Waals surface area contributed by atoms with Gasteiger partial charge in [0.1, 0.15) is 0 Å². The van der Waals surface area contributed by atoms with E-state index in [4.69, 9.17) is 0 Å². The third-order valence-electron chi connectivity index (χ3n) is 4.12. The van der Waals surface area contributed by atoms with E-state index in [-0.39, 0.29) is 29.5 Å². The molecule has 0 fully saturated rings. The highest BCUT2D eigenvalue weighted by Gasteiger charge is 2.25. The zero-order chi connectivity index (χ0) is 20.7. The molecule has 0 radical (unpaired) electrons. The molecule has 1 N–H and O–H groups in total. The van der Waals surface area contributed by atoms with E-state index in [1.807, 2.05) is 26.8 Å². The van der Waals surface area contributed by atoms with Crippen LogP contribution in [0.15, 0.2) is 54.3 Å². The Morgan fingerprint density at radius 3 is 2.57 bits per heavy atom. The molecule has 0 aliphatic heterocycles. The van der Waals surface area contributed by atoms with Crippen LogP contribution in [0.5, 0.6) is 0 Å². The number of carbonyl (C=O) groups excluding carboxylic acids is 1. The monoisotopic (exact) mass is 404 g/mol. The molecule has 1 aromatic heterocycles. The Morgan fingerprint density at radius 2 is 2.00 bits per heavy atom. The molecular formula is C20H28N4O3S. The van der Waals surface area contributed by atoms with E-state index in [0.717, 1.165) is 0 Å². The molecule has 1 heterocycles. The fourth-order valence-electron chi connectivity index (χ4n) is 2.81. The number of rotatable bonds is 9. The Hall–Kier alpha value is -2.61. The lowest BCUT2D eigenvalue weighted by Gasteiger charge is -2.23. The van der Waals surface area contributed by atoms with Gasteiger partial charge in [0.25, 0.3) is 0 Å². The fraction of sp³-hybridized carbons (Fsp3) is 0.400. The smallest absolute Gasteiger partial charge is 0.317 e. The van der Waals surface area contributed by atoms with Crippen molar-refractivity contribution in [1.29, 1.82) is 0 Å². The SMILES string of the molecule is C=CCn1c(CN(CC)C(=O)NC(C)C)cnc1S(=O)(=O)Cc1ccccc1. The molecule has 2 aromatic rings. The first-order valence-electron chi connectivity index (χ1n) is 9.26. The molecule has 7 nitrogen and oxygen atoms in total. The van der Waals surface area contributed by atoms with Crippen molar-refractivity contribution in [2.75, 3.05) is 6.54 Å². The van der Waals surface area contributed by atoms with Gasteiger partial charge in [-0.25, -0.2) is 18.2 Å². The second kappa shape index (κ2) is 9.54. The summed E-state index contributed by atoms with van der Waals surface area (Å²) in [5.41, 5.74) is 1.34. The van der Waals surface area contributed by atoms with Crippen LogP contribution in [0.1, 0.15) is 32.0 Å². The topological polar surface area (TPSA) is 84.3 Å². The summed E-state index contributed by atoms with van der Waals surface area (Å²) in [5.74, 6) is -0.132. The molecule has 0 aliphatic carbocycles. The molecule has 0 saturated heterocycles. The van der Waals surface area contributed by atoms with Crippen LogP contribution in [0.25, 0.3) is 0 Å². The summed E-state index contributed by atoms with van der Waals surface area (Å²) in [6.07, 6.45) is 3.14. The van der Waals surface area contributed by atoms with E-state index in [1.165, 1.54) is 6.20 Å². The molecule has 1 aromatic carbocycles. The van der Waals surface area contributed by atoms with E-state index >= 15 is 0 Å². The molecule has 0 aliphatic rings. The van der Waals surface area contributed by atoms with Crippen molar-refractivity contribution in [3.63, 3.8) is 0 Å². The summed E-state index contributed by atoms with van der Waals surface area (Å²) >= 11 is 0. The van der Waals surface area contributed by atoms with E-state index < -0.39 is 9.84 Å². The van der Waals surface area contributed by atoms with Crippen LogP contribution >= 0.6 is 0 Å². The number of carbonyl (C=O) groups is 1. The predicted octanol–water partition coefficient (Wildman–Crippen LogP) is 2.98. The van der Waals surface area contributed by atoms with Crippen molar-refractivity contribution in [2.45, 2.75) is 50.8 Å². The minimum atomic E-state index is -3.64. The fourth-order valence-corrected chi connectivity index (χ4v) is 4.31. The molecule has 0 saturated carbocycles. The summed E-state index contributed by atoms with van der Waals surface area (Å²) in [5, 5.41) is 2.85. The van der Waals surface area contributed by atoms with Crippen LogP contribution in [-0.4, -0.2) is 41.5 Å². The number of nitrogens with zero attached hydrogens (tertiary/aromatic N) is 3. The largest absolute Gasteiger partial charge is 0.336 e. The number of urea groups is 1. The van der Waals surface area contributed by atoms with Gasteiger partial charge in [0.05, 0.1) is 24.2 Å². The zero-order valence-corrected chi connectivity index (χ0v) is 17.4. The number of hydrogen-bond acceptors (Lipinski definition) is 4. The number of nitrogens with one attached hydrogen (secondary N) is 1. The summed E-state index contributed by atoms with van der Waals surface area (Å²) in [7, 11) is -3.64. The number of imidazole rings is 1. The van der Waals surface area contributed by atoms with Crippen molar-refractivity contribution in [3.8, 4) is 0 Å². The van der Waals surface area contributed by atoms with Crippen molar-refractivity contribution < 1.29 is 13.2 Å². The minimum Gasteiger partial charge on any atom is -0.336 e. The average molecular weight is 405 g/mol. The van der Waals surface area contributed by atoms with Gasteiger partial charge in [0.15, 0.2) is 0 Å². The first-order chi connectivity index (χ1) is 13.3. The molecule has 152 valence electrons. The van der Waals surface area contributed by atoms with Gasteiger partial charge in [0.2, 0.25) is 15.0 Å². The van der Waals surface area contributed by atoms with Gasteiger partial charge in [0, 0.05) is 19.1 Å².